The van der Waals surface area contributed by atoms with Crippen LogP contribution in [0.3, 0.4) is 0 Å². The summed E-state index contributed by atoms with van der Waals surface area (Å²) in [4.78, 5) is 69.3. The molecule has 2 N–H and O–H groups in total. The Bertz CT molecular complexity index is 2000. The maximum Gasteiger partial charge on any atom is 0.308 e. The molecule has 2 aromatic carbocycles. The summed E-state index contributed by atoms with van der Waals surface area (Å²) in [6, 6.07) is 11.6. The third-order valence-electron chi connectivity index (χ3n) is 9.88. The topological polar surface area (TPSA) is 213 Å². The van der Waals surface area contributed by atoms with Gasteiger partial charge in [-0.05, 0) is 82.7 Å². The molecule has 16 heteroatoms. The molecule has 0 amide bonds. The number of fused-ring (bicyclic) bond motifs is 2. The van der Waals surface area contributed by atoms with E-state index in [0.29, 0.717) is 47.8 Å². The van der Waals surface area contributed by atoms with Gasteiger partial charge < -0.3 is 36.5 Å². The number of aliphatic carboxylic acids is 1. The summed E-state index contributed by atoms with van der Waals surface area (Å²) in [5.41, 5.74) is 0.969. The van der Waals surface area contributed by atoms with E-state index in [-0.39, 0.29) is 84.6 Å². The van der Waals surface area contributed by atoms with E-state index in [1.54, 1.807) is 38.1 Å². The summed E-state index contributed by atoms with van der Waals surface area (Å²) in [6.07, 6.45) is 4.68. The van der Waals surface area contributed by atoms with E-state index >= 15 is 0 Å². The van der Waals surface area contributed by atoms with Gasteiger partial charge in [-0.1, -0.05) is 81.4 Å². The number of methoxy groups -OCH3 is 1. The van der Waals surface area contributed by atoms with Gasteiger partial charge in [0.25, 0.3) is 0 Å². The van der Waals surface area contributed by atoms with E-state index in [0.717, 1.165) is 25.7 Å². The number of nitrogens with zero attached hydrogens (tertiary/aromatic N) is 1. The van der Waals surface area contributed by atoms with Crippen molar-refractivity contribution in [1.29, 1.82) is 0 Å². The van der Waals surface area contributed by atoms with Crippen LogP contribution in [-0.4, -0.2) is 92.2 Å². The van der Waals surface area contributed by atoms with Gasteiger partial charge in [-0.3, -0.25) is 28.8 Å². The van der Waals surface area contributed by atoms with Gasteiger partial charge in [0, 0.05) is 36.3 Å². The molecule has 64 heavy (non-hydrogen) atoms. The fraction of sp³-hybridized carbons (Fsp3) is 0.604. The number of carbonyl (C=O) groups is 5. The summed E-state index contributed by atoms with van der Waals surface area (Å²) < 4.78 is 47.1. The summed E-state index contributed by atoms with van der Waals surface area (Å²) in [7, 11) is -2.41. The molecule has 3 rings (SSSR count). The summed E-state index contributed by atoms with van der Waals surface area (Å²) in [5, 5.41) is 9.17. The second-order valence-corrected chi connectivity index (χ2v) is 16.9. The van der Waals surface area contributed by atoms with Crippen LogP contribution in [0, 0.1) is 31.1 Å². The van der Waals surface area contributed by atoms with Crippen molar-refractivity contribution in [1.82, 2.24) is 9.29 Å². The van der Waals surface area contributed by atoms with Gasteiger partial charge in [0.15, 0.2) is 5.43 Å². The molecule has 0 aliphatic carbocycles. The second kappa shape index (κ2) is 34.6. The number of para-hydroxylation sites is 1. The first-order valence-electron chi connectivity index (χ1n) is 21.9. The fourth-order valence-electron chi connectivity index (χ4n) is 4.73. The molecule has 5 unspecified atom stereocenters. The quantitative estimate of drug-likeness (QED) is 0.0527. The van der Waals surface area contributed by atoms with Crippen molar-refractivity contribution in [3.63, 3.8) is 0 Å². The molecular formula is C48H79N2O13S-. The number of aromatic nitrogens is 1. The molecule has 1 aromatic heterocycles. The van der Waals surface area contributed by atoms with Crippen molar-refractivity contribution < 1.29 is 56.4 Å². The largest absolute Gasteiger partial charge is 0.481 e. The highest BCUT2D eigenvalue weighted by Crippen LogP contribution is 2.22. The van der Waals surface area contributed by atoms with Crippen molar-refractivity contribution in [3.05, 3.63) is 60.1 Å². The molecular weight excluding hydrogens is 845 g/mol. The van der Waals surface area contributed by atoms with Crippen molar-refractivity contribution in [2.45, 2.75) is 140 Å². The first-order chi connectivity index (χ1) is 29.6. The first-order valence-corrected chi connectivity index (χ1v) is 23.4. The average molecular weight is 924 g/mol. The Labute approximate surface area is 383 Å². The second-order valence-electron chi connectivity index (χ2n) is 15.0. The Morgan fingerprint density at radius 3 is 1.59 bits per heavy atom. The average Bonchev–Trinajstić information content (AvgIpc) is 3.27. The molecule has 0 radical (unpaired) electrons. The van der Waals surface area contributed by atoms with E-state index in [1.165, 1.54) is 30.5 Å². The first kappa shape index (κ1) is 63.5. The van der Waals surface area contributed by atoms with Crippen LogP contribution in [0.1, 0.15) is 129 Å². The SMILES string of the molecule is CCC(C)C(=O)O.CCC(C)C(=O)OC.CCC(C)OC(C)=O.CCCN(CCOC(=O)C(C)CC)S(=O)(=O)c1ccc2c(=O)c3ccccc3[nH]c2c1.CCOC(=O)C(C)CC.[CH3-]. The number of ether oxygens (including phenoxy) is 4. The molecule has 0 fully saturated rings. The predicted molar refractivity (Wildman–Crippen MR) is 254 cm³/mol. The highest BCUT2D eigenvalue weighted by atomic mass is 32.2. The summed E-state index contributed by atoms with van der Waals surface area (Å²) in [5.74, 6) is -1.71. The number of sulfonamides is 1. The number of H-pyrrole nitrogens is 1. The zero-order chi connectivity index (χ0) is 48.9. The van der Waals surface area contributed by atoms with Gasteiger partial charge >= 0.3 is 29.8 Å². The number of rotatable bonds is 18. The molecule has 366 valence electrons. The summed E-state index contributed by atoms with van der Waals surface area (Å²) in [6.45, 7) is 24.7. The van der Waals surface area contributed by atoms with Crippen molar-refractivity contribution in [2.75, 3.05) is 33.4 Å². The third-order valence-corrected chi connectivity index (χ3v) is 11.8. The number of pyridine rings is 1. The molecule has 5 atom stereocenters. The number of hydrogen-bond acceptors (Lipinski definition) is 12. The molecule has 0 saturated heterocycles. The molecule has 15 nitrogen and oxygen atoms in total. The van der Waals surface area contributed by atoms with Crippen LogP contribution in [0.2, 0.25) is 0 Å². The lowest BCUT2D eigenvalue weighted by atomic mass is 10.1. The lowest BCUT2D eigenvalue weighted by Gasteiger charge is -2.22. The van der Waals surface area contributed by atoms with Crippen LogP contribution < -0.4 is 5.43 Å². The monoisotopic (exact) mass is 924 g/mol. The molecule has 3 aromatic rings. The smallest absolute Gasteiger partial charge is 0.308 e. The van der Waals surface area contributed by atoms with Crippen LogP contribution in [0.4, 0.5) is 0 Å². The highest BCUT2D eigenvalue weighted by Gasteiger charge is 2.25. The van der Waals surface area contributed by atoms with E-state index < -0.39 is 16.0 Å². The van der Waals surface area contributed by atoms with E-state index in [2.05, 4.69) is 9.72 Å². The standard InChI is InChI=1S/C23H28N2O5S.C7H14O2.2C6H12O2.C5H10O2.CH3/c1-4-12-25(13-14-30-23(27)16(3)5-2)31(28,29)17-10-11-19-21(15-17)24-20-9-7-6-8-18(20)22(19)26;1-4-6(3)7(8)9-5-2;1-4-5(2)6(7)8-3;1-4-5(2)8-6(3)7;1-3-4(2)5(6)7;/h6-11,15-16H,4-5,12-14H2,1-3H3,(H,24,26);6H,4-5H2,1-3H3;2*5H,4H2,1-3H3;4H,3H2,1-2H3,(H,6,7);1H3/q;;;;;-1. The number of carbonyl (C=O) groups excluding carboxylic acids is 4. The van der Waals surface area contributed by atoms with Crippen LogP contribution in [0.15, 0.2) is 52.2 Å². The van der Waals surface area contributed by atoms with Gasteiger partial charge in [-0.25, -0.2) is 8.42 Å². The number of benzene rings is 2. The third kappa shape index (κ3) is 23.7. The minimum Gasteiger partial charge on any atom is -0.481 e. The minimum absolute atomic E-state index is 0. The predicted octanol–water partition coefficient (Wildman–Crippen LogP) is 9.39. The number of esters is 4. The maximum atomic E-state index is 13.3. The molecule has 0 aliphatic rings. The number of aromatic amines is 1. The van der Waals surface area contributed by atoms with Crippen LogP contribution >= 0.6 is 0 Å². The van der Waals surface area contributed by atoms with E-state index in [9.17, 15) is 37.2 Å². The Morgan fingerprint density at radius 1 is 0.688 bits per heavy atom. The van der Waals surface area contributed by atoms with E-state index in [1.807, 2.05) is 75.3 Å². The van der Waals surface area contributed by atoms with Gasteiger partial charge in [0.1, 0.15) is 6.61 Å². The lowest BCUT2D eigenvalue weighted by Crippen LogP contribution is -2.35. The van der Waals surface area contributed by atoms with Crippen LogP contribution in [0.25, 0.3) is 21.8 Å². The molecule has 1 heterocycles. The van der Waals surface area contributed by atoms with E-state index in [4.69, 9.17) is 19.3 Å². The van der Waals surface area contributed by atoms with Crippen molar-refractivity contribution in [2.24, 2.45) is 23.7 Å². The highest BCUT2D eigenvalue weighted by molar-refractivity contribution is 7.89. The fourth-order valence-corrected chi connectivity index (χ4v) is 6.28. The molecule has 0 bridgehead atoms. The van der Waals surface area contributed by atoms with Gasteiger partial charge in [0.05, 0.1) is 53.9 Å². The summed E-state index contributed by atoms with van der Waals surface area (Å²) >= 11 is 0. The van der Waals surface area contributed by atoms with Gasteiger partial charge in [-0.2, -0.15) is 4.31 Å². The number of hydrogen-bond donors (Lipinski definition) is 2. The number of carboxylic acids is 1. The zero-order valence-electron chi connectivity index (χ0n) is 41.2. The van der Waals surface area contributed by atoms with Gasteiger partial charge in [0.2, 0.25) is 10.0 Å². The Hall–Kier alpha value is -4.83. The van der Waals surface area contributed by atoms with Crippen molar-refractivity contribution in [3.8, 4) is 0 Å². The number of nitrogens with one attached hydrogen (secondary N) is 1. The molecule has 0 saturated carbocycles. The molecule has 0 aliphatic heterocycles. The Morgan fingerprint density at radius 2 is 1.19 bits per heavy atom. The Kier molecular flexibility index (Phi) is 34.3. The van der Waals surface area contributed by atoms with Crippen molar-refractivity contribution >= 4 is 61.7 Å². The normalized spacial score (nSPS) is 12.8. The van der Waals surface area contributed by atoms with Crippen LogP contribution in [0.5, 0.6) is 0 Å². The Balaban J connectivity index is -0.000000915. The zero-order valence-corrected chi connectivity index (χ0v) is 42.0. The van der Waals surface area contributed by atoms with Crippen LogP contribution in [-0.2, 0) is 52.9 Å². The number of carboxylic acid groups (broad SMARTS) is 1. The minimum atomic E-state index is -3.82. The maximum absolute atomic E-state index is 13.3. The molecule has 0 spiro atoms. The lowest BCUT2D eigenvalue weighted by molar-refractivity contribution is -0.148. The van der Waals surface area contributed by atoms with Gasteiger partial charge in [-0.15, -0.1) is 0 Å².